The Balaban J connectivity index is 2.16. The Morgan fingerprint density at radius 2 is 2.13 bits per heavy atom. The Labute approximate surface area is 135 Å². The molecule has 0 aromatic rings. The molecule has 6 heteroatoms. The number of quaternary nitrogens is 1. The lowest BCUT2D eigenvalue weighted by Gasteiger charge is -2.48. The van der Waals surface area contributed by atoms with Gasteiger partial charge in [-0.25, -0.2) is 0 Å². The zero-order valence-electron chi connectivity index (χ0n) is 14.0. The molecule has 1 aliphatic carbocycles. The molecule has 23 heavy (non-hydrogen) atoms. The van der Waals surface area contributed by atoms with Crippen LogP contribution in [0.25, 0.3) is 0 Å². The Bertz CT molecular complexity index is 514. The molecule has 0 aromatic carbocycles. The number of carbonyl (C=O) groups is 1. The van der Waals surface area contributed by atoms with Gasteiger partial charge in [-0.15, -0.1) is 0 Å². The number of alkyl halides is 3. The van der Waals surface area contributed by atoms with Gasteiger partial charge in [-0.2, -0.15) is 13.2 Å². The van der Waals surface area contributed by atoms with Crippen LogP contribution in [-0.2, 0) is 4.79 Å². The average molecular weight is 331 g/mol. The minimum atomic E-state index is -4.82. The Morgan fingerprint density at radius 1 is 1.48 bits per heavy atom. The Kier molecular flexibility index (Phi) is 4.95. The molecule has 1 fully saturated rings. The summed E-state index contributed by atoms with van der Waals surface area (Å²) in [5.41, 5.74) is 1.20. The molecule has 1 N–H and O–H groups in total. The fourth-order valence-electron chi connectivity index (χ4n) is 4.06. The molecular weight excluding hydrogens is 305 g/mol. The fourth-order valence-corrected chi connectivity index (χ4v) is 4.06. The second kappa shape index (κ2) is 6.30. The maximum atomic E-state index is 12.5. The van der Waals surface area contributed by atoms with Gasteiger partial charge >= 0.3 is 12.1 Å². The van der Waals surface area contributed by atoms with Crippen LogP contribution in [0.2, 0.25) is 0 Å². The zero-order valence-corrected chi connectivity index (χ0v) is 14.0. The van der Waals surface area contributed by atoms with Crippen LogP contribution in [0.1, 0.15) is 20.3 Å². The van der Waals surface area contributed by atoms with E-state index in [2.05, 4.69) is 31.9 Å². The zero-order chi connectivity index (χ0) is 17.4. The number of rotatable bonds is 3. The van der Waals surface area contributed by atoms with E-state index in [-0.39, 0.29) is 11.8 Å². The minimum Gasteiger partial charge on any atom is -0.345 e. The van der Waals surface area contributed by atoms with Crippen molar-refractivity contribution in [2.24, 2.45) is 17.8 Å². The van der Waals surface area contributed by atoms with E-state index in [0.717, 1.165) is 24.1 Å². The van der Waals surface area contributed by atoms with Crippen molar-refractivity contribution in [3.05, 3.63) is 24.3 Å². The van der Waals surface area contributed by atoms with Gasteiger partial charge in [0, 0.05) is 12.0 Å². The van der Waals surface area contributed by atoms with Crippen LogP contribution in [0.4, 0.5) is 13.2 Å². The van der Waals surface area contributed by atoms with E-state index in [1.807, 2.05) is 13.0 Å². The number of amides is 1. The molecule has 2 rings (SSSR count). The minimum absolute atomic E-state index is 0.0556. The number of carbonyl (C=O) groups excluding carboxylic acids is 1. The first kappa shape index (κ1) is 18.0. The van der Waals surface area contributed by atoms with Crippen molar-refractivity contribution < 1.29 is 22.4 Å². The van der Waals surface area contributed by atoms with Gasteiger partial charge in [-0.3, -0.25) is 4.79 Å². The molecular formula is C17H26F3N2O+. The number of fused-ring (bicyclic) bond motifs is 1. The van der Waals surface area contributed by atoms with E-state index in [0.29, 0.717) is 12.3 Å². The lowest BCUT2D eigenvalue weighted by Crippen LogP contribution is -2.57. The lowest BCUT2D eigenvalue weighted by atomic mass is 9.67. The lowest BCUT2D eigenvalue weighted by molar-refractivity contribution is -0.903. The van der Waals surface area contributed by atoms with Gasteiger partial charge in [0.2, 0.25) is 0 Å². The van der Waals surface area contributed by atoms with Gasteiger partial charge in [0.1, 0.15) is 0 Å². The summed E-state index contributed by atoms with van der Waals surface area (Å²) in [6.07, 6.45) is -0.147. The second-order valence-electron chi connectivity index (χ2n) is 7.35. The van der Waals surface area contributed by atoms with Crippen molar-refractivity contribution in [3.63, 3.8) is 0 Å². The molecule has 4 unspecified atom stereocenters. The predicted octanol–water partition coefficient (Wildman–Crippen LogP) is 2.90. The van der Waals surface area contributed by atoms with Gasteiger partial charge in [-0.1, -0.05) is 26.0 Å². The summed E-state index contributed by atoms with van der Waals surface area (Å²) in [6.45, 7) is 10.5. The average Bonchev–Trinajstić information content (AvgIpc) is 2.43. The summed E-state index contributed by atoms with van der Waals surface area (Å²) in [5, 5.41) is 2.19. The summed E-state index contributed by atoms with van der Waals surface area (Å²) in [5.74, 6) is -1.27. The summed E-state index contributed by atoms with van der Waals surface area (Å²) in [7, 11) is 2.18. The van der Waals surface area contributed by atoms with Crippen molar-refractivity contribution in [2.45, 2.75) is 32.5 Å². The van der Waals surface area contributed by atoms with Crippen molar-refractivity contribution in [1.82, 2.24) is 5.32 Å². The van der Waals surface area contributed by atoms with Crippen LogP contribution in [0.5, 0.6) is 0 Å². The largest absolute Gasteiger partial charge is 0.471 e. The smallest absolute Gasteiger partial charge is 0.345 e. The van der Waals surface area contributed by atoms with Crippen LogP contribution in [0.15, 0.2) is 24.3 Å². The van der Waals surface area contributed by atoms with Crippen LogP contribution >= 0.6 is 0 Å². The van der Waals surface area contributed by atoms with E-state index in [9.17, 15) is 18.0 Å². The number of nitrogens with one attached hydrogen (secondary N) is 1. The van der Waals surface area contributed by atoms with E-state index in [1.54, 1.807) is 0 Å². The first-order valence-corrected chi connectivity index (χ1v) is 8.09. The van der Waals surface area contributed by atoms with E-state index >= 15 is 0 Å². The van der Waals surface area contributed by atoms with Gasteiger partial charge < -0.3 is 9.80 Å². The van der Waals surface area contributed by atoms with Gasteiger partial charge in [0.15, 0.2) is 0 Å². The molecule has 1 amide bonds. The molecule has 0 saturated heterocycles. The molecule has 130 valence electrons. The highest BCUT2D eigenvalue weighted by atomic mass is 19.4. The highest BCUT2D eigenvalue weighted by Crippen LogP contribution is 2.42. The summed E-state index contributed by atoms with van der Waals surface area (Å²) in [4.78, 5) is 11.3. The van der Waals surface area contributed by atoms with E-state index in [1.165, 1.54) is 5.57 Å². The molecule has 1 heterocycles. The standard InChI is InChI=1S/C17H25F3N2O/c1-5-7-22(4)8-6-13-12(3)15(9-11(2)14(13)10-22)21-16(23)17(18,19)20/h5-6,11-12,14-15H,1,7-10H2,2-4H3/p+1/t11?,12-,14?,15?,22?/m1/s1. The Hall–Kier alpha value is -1.30. The van der Waals surface area contributed by atoms with Crippen molar-refractivity contribution in [3.8, 4) is 0 Å². The first-order valence-electron chi connectivity index (χ1n) is 8.09. The van der Waals surface area contributed by atoms with Gasteiger partial charge in [0.05, 0.1) is 26.7 Å². The summed E-state index contributed by atoms with van der Waals surface area (Å²) >= 11 is 0. The molecule has 3 nitrogen and oxygen atoms in total. The molecule has 2 aliphatic rings. The summed E-state index contributed by atoms with van der Waals surface area (Å²) in [6, 6.07) is -0.446. The van der Waals surface area contributed by atoms with Crippen LogP contribution in [-0.4, -0.2) is 49.3 Å². The first-order chi connectivity index (χ1) is 10.6. The third-order valence-electron chi connectivity index (χ3n) is 5.42. The maximum absolute atomic E-state index is 12.5. The monoisotopic (exact) mass is 331 g/mol. The van der Waals surface area contributed by atoms with E-state index in [4.69, 9.17) is 0 Å². The fraction of sp³-hybridized carbons (Fsp3) is 0.706. The highest BCUT2D eigenvalue weighted by molar-refractivity contribution is 5.82. The number of hydrogen-bond donors (Lipinski definition) is 1. The molecule has 1 aliphatic heterocycles. The Morgan fingerprint density at radius 3 is 2.70 bits per heavy atom. The number of nitrogens with zero attached hydrogens (tertiary/aromatic N) is 1. The topological polar surface area (TPSA) is 29.1 Å². The molecule has 0 radical (unpaired) electrons. The molecule has 0 aromatic heterocycles. The number of likely N-dealkylation sites (N-methyl/N-ethyl adjacent to an activating group) is 1. The SMILES string of the molecule is C=CC[N+]1(C)CC=C2C(C1)C(C)CC(NC(=O)C(F)(F)F)[C@@H]2C. The number of halogens is 3. The predicted molar refractivity (Wildman–Crippen MR) is 83.5 cm³/mol. The molecule has 5 atom stereocenters. The third kappa shape index (κ3) is 3.79. The van der Waals surface area contributed by atoms with Crippen LogP contribution < -0.4 is 5.32 Å². The normalized spacial score (nSPS) is 37.6. The van der Waals surface area contributed by atoms with Crippen LogP contribution in [0, 0.1) is 17.8 Å². The van der Waals surface area contributed by atoms with E-state index < -0.39 is 18.1 Å². The molecule has 0 spiro atoms. The molecule has 0 bridgehead atoms. The van der Waals surface area contributed by atoms with Gasteiger partial charge in [0.25, 0.3) is 0 Å². The number of hydrogen-bond acceptors (Lipinski definition) is 1. The highest BCUT2D eigenvalue weighted by Gasteiger charge is 2.46. The van der Waals surface area contributed by atoms with Crippen molar-refractivity contribution in [1.29, 1.82) is 0 Å². The van der Waals surface area contributed by atoms with Crippen molar-refractivity contribution >= 4 is 5.91 Å². The van der Waals surface area contributed by atoms with Gasteiger partial charge in [-0.05, 0) is 30.4 Å². The maximum Gasteiger partial charge on any atom is 0.471 e. The van der Waals surface area contributed by atoms with Crippen LogP contribution in [0.3, 0.4) is 0 Å². The second-order valence-corrected chi connectivity index (χ2v) is 7.35. The van der Waals surface area contributed by atoms with Crippen molar-refractivity contribution in [2.75, 3.05) is 26.7 Å². The quantitative estimate of drug-likeness (QED) is 0.625. The third-order valence-corrected chi connectivity index (χ3v) is 5.42. The summed E-state index contributed by atoms with van der Waals surface area (Å²) < 4.78 is 38.4. The molecule has 1 saturated carbocycles.